The first kappa shape index (κ1) is 15.3. The van der Waals surface area contributed by atoms with Gasteiger partial charge < -0.3 is 10.1 Å². The molecule has 0 saturated carbocycles. The van der Waals surface area contributed by atoms with Crippen molar-refractivity contribution in [2.24, 2.45) is 0 Å². The Labute approximate surface area is 135 Å². The Balaban J connectivity index is 1.95. The predicted molar refractivity (Wildman–Crippen MR) is 89.5 cm³/mol. The molecule has 1 aromatic heterocycles. The van der Waals surface area contributed by atoms with E-state index in [1.807, 2.05) is 45.0 Å². The van der Waals surface area contributed by atoms with E-state index in [2.05, 4.69) is 15.5 Å². The average Bonchev–Trinajstić information content (AvgIpc) is 2.53. The maximum Gasteiger partial charge on any atom is 0.414 e. The molecule has 1 aliphatic heterocycles. The van der Waals surface area contributed by atoms with Crippen molar-refractivity contribution in [2.45, 2.75) is 26.4 Å². The van der Waals surface area contributed by atoms with Gasteiger partial charge in [-0.05, 0) is 44.5 Å². The molecule has 0 spiro atoms. The summed E-state index contributed by atoms with van der Waals surface area (Å²) in [5.74, 6) is 0. The summed E-state index contributed by atoms with van der Waals surface area (Å²) in [4.78, 5) is 14.2. The predicted octanol–water partition coefficient (Wildman–Crippen LogP) is 3.31. The van der Waals surface area contributed by atoms with E-state index in [-0.39, 0.29) is 6.09 Å². The Hall–Kier alpha value is -2.63. The fraction of sp³-hybridized carbons (Fsp3) is 0.353. The fourth-order valence-corrected chi connectivity index (χ4v) is 2.47. The highest BCUT2D eigenvalue weighted by Crippen LogP contribution is 2.34. The molecule has 2 aromatic rings. The molecule has 1 aromatic carbocycles. The first-order valence-electron chi connectivity index (χ1n) is 7.59. The highest BCUT2D eigenvalue weighted by Gasteiger charge is 2.27. The largest absolute Gasteiger partial charge is 0.443 e. The van der Waals surface area contributed by atoms with Crippen molar-refractivity contribution in [3.05, 3.63) is 36.7 Å². The molecule has 3 rings (SSSR count). The van der Waals surface area contributed by atoms with Gasteiger partial charge in [-0.25, -0.2) is 4.79 Å². The number of nitrogens with zero attached hydrogens (tertiary/aromatic N) is 3. The summed E-state index contributed by atoms with van der Waals surface area (Å²) in [6.07, 6.45) is 3.03. The zero-order valence-corrected chi connectivity index (χ0v) is 13.5. The van der Waals surface area contributed by atoms with Crippen molar-refractivity contribution >= 4 is 17.5 Å². The summed E-state index contributed by atoms with van der Waals surface area (Å²) in [6, 6.07) is 7.84. The average molecular weight is 312 g/mol. The molecule has 1 amide bonds. The van der Waals surface area contributed by atoms with Crippen LogP contribution in [0.4, 0.5) is 16.2 Å². The van der Waals surface area contributed by atoms with Crippen LogP contribution < -0.4 is 10.2 Å². The van der Waals surface area contributed by atoms with Gasteiger partial charge in [0.05, 0.1) is 23.8 Å². The normalized spacial score (nSPS) is 14.0. The first-order valence-corrected chi connectivity index (χ1v) is 7.59. The van der Waals surface area contributed by atoms with Crippen LogP contribution in [0, 0.1) is 0 Å². The number of anilines is 2. The number of amides is 1. The van der Waals surface area contributed by atoms with Crippen LogP contribution in [-0.2, 0) is 4.74 Å². The van der Waals surface area contributed by atoms with Gasteiger partial charge in [0.1, 0.15) is 5.60 Å². The molecule has 0 radical (unpaired) electrons. The van der Waals surface area contributed by atoms with E-state index in [1.165, 1.54) is 0 Å². The lowest BCUT2D eigenvalue weighted by Gasteiger charge is -2.32. The summed E-state index contributed by atoms with van der Waals surface area (Å²) in [6.45, 7) is 6.87. The molecule has 1 N–H and O–H groups in total. The Kier molecular flexibility index (Phi) is 3.90. The van der Waals surface area contributed by atoms with Crippen LogP contribution >= 0.6 is 0 Å². The maximum atomic E-state index is 12.5. The molecule has 2 heterocycles. The van der Waals surface area contributed by atoms with Gasteiger partial charge in [0, 0.05) is 18.7 Å². The topological polar surface area (TPSA) is 67.3 Å². The van der Waals surface area contributed by atoms with E-state index < -0.39 is 5.60 Å². The van der Waals surface area contributed by atoms with Gasteiger partial charge in [0.25, 0.3) is 0 Å². The van der Waals surface area contributed by atoms with Gasteiger partial charge in [-0.15, -0.1) is 0 Å². The highest BCUT2D eigenvalue weighted by molar-refractivity contribution is 5.95. The van der Waals surface area contributed by atoms with Gasteiger partial charge in [0.2, 0.25) is 0 Å². The van der Waals surface area contributed by atoms with E-state index in [9.17, 15) is 4.79 Å². The molecule has 6 heteroatoms. The summed E-state index contributed by atoms with van der Waals surface area (Å²) < 4.78 is 5.52. The molecule has 0 bridgehead atoms. The Bertz CT molecular complexity index is 710. The molecule has 120 valence electrons. The molecule has 0 fully saturated rings. The number of carbonyl (C=O) groups is 1. The molecule has 0 saturated heterocycles. The van der Waals surface area contributed by atoms with Crippen molar-refractivity contribution in [1.82, 2.24) is 10.2 Å². The van der Waals surface area contributed by atoms with Crippen LogP contribution in [0.3, 0.4) is 0 Å². The third-order valence-electron chi connectivity index (χ3n) is 3.47. The quantitative estimate of drug-likeness (QED) is 0.875. The SMILES string of the molecule is CC(C)(C)OC(=O)N1CCNc2ccc(-c3ccnnc3)cc21. The second-order valence-electron chi connectivity index (χ2n) is 6.42. The summed E-state index contributed by atoms with van der Waals surface area (Å²) in [5.41, 5.74) is 3.16. The van der Waals surface area contributed by atoms with Crippen molar-refractivity contribution in [3.8, 4) is 11.1 Å². The second kappa shape index (κ2) is 5.87. The molecular formula is C17H20N4O2. The van der Waals surface area contributed by atoms with Crippen molar-refractivity contribution in [3.63, 3.8) is 0 Å². The number of hydrogen-bond donors (Lipinski definition) is 1. The monoisotopic (exact) mass is 312 g/mol. The summed E-state index contributed by atoms with van der Waals surface area (Å²) >= 11 is 0. The van der Waals surface area contributed by atoms with E-state index >= 15 is 0 Å². The van der Waals surface area contributed by atoms with E-state index in [0.717, 1.165) is 22.5 Å². The highest BCUT2D eigenvalue weighted by atomic mass is 16.6. The van der Waals surface area contributed by atoms with Crippen LogP contribution in [0.15, 0.2) is 36.7 Å². The lowest BCUT2D eigenvalue weighted by molar-refractivity contribution is 0.0581. The van der Waals surface area contributed by atoms with Crippen LogP contribution in [0.5, 0.6) is 0 Å². The lowest BCUT2D eigenvalue weighted by atomic mass is 10.1. The molecule has 23 heavy (non-hydrogen) atoms. The number of ether oxygens (including phenoxy) is 1. The lowest BCUT2D eigenvalue weighted by Crippen LogP contribution is -2.42. The minimum atomic E-state index is -0.519. The van der Waals surface area contributed by atoms with Crippen LogP contribution in [0.2, 0.25) is 0 Å². The number of hydrogen-bond acceptors (Lipinski definition) is 5. The number of fused-ring (bicyclic) bond motifs is 1. The molecule has 1 aliphatic rings. The smallest absolute Gasteiger partial charge is 0.414 e. The number of aromatic nitrogens is 2. The third-order valence-corrected chi connectivity index (χ3v) is 3.47. The zero-order chi connectivity index (χ0) is 16.4. The third kappa shape index (κ3) is 3.41. The molecule has 6 nitrogen and oxygen atoms in total. The molecule has 0 unspecified atom stereocenters. The maximum absolute atomic E-state index is 12.5. The van der Waals surface area contributed by atoms with Gasteiger partial charge in [-0.3, -0.25) is 4.90 Å². The van der Waals surface area contributed by atoms with E-state index in [1.54, 1.807) is 17.3 Å². The van der Waals surface area contributed by atoms with E-state index in [4.69, 9.17) is 4.74 Å². The van der Waals surface area contributed by atoms with Crippen LogP contribution in [0.25, 0.3) is 11.1 Å². The van der Waals surface area contributed by atoms with Gasteiger partial charge >= 0.3 is 6.09 Å². The van der Waals surface area contributed by atoms with Gasteiger partial charge in [0.15, 0.2) is 0 Å². The van der Waals surface area contributed by atoms with E-state index in [0.29, 0.717) is 13.1 Å². The van der Waals surface area contributed by atoms with Crippen molar-refractivity contribution in [1.29, 1.82) is 0 Å². The number of rotatable bonds is 1. The van der Waals surface area contributed by atoms with Gasteiger partial charge in [-0.2, -0.15) is 10.2 Å². The zero-order valence-electron chi connectivity index (χ0n) is 13.5. The summed E-state index contributed by atoms with van der Waals surface area (Å²) in [7, 11) is 0. The molecule has 0 atom stereocenters. The minimum Gasteiger partial charge on any atom is -0.443 e. The van der Waals surface area contributed by atoms with Crippen molar-refractivity contribution in [2.75, 3.05) is 23.3 Å². The van der Waals surface area contributed by atoms with Crippen molar-refractivity contribution < 1.29 is 9.53 Å². The minimum absolute atomic E-state index is 0.328. The fourth-order valence-electron chi connectivity index (χ4n) is 2.47. The second-order valence-corrected chi connectivity index (χ2v) is 6.42. The van der Waals surface area contributed by atoms with Crippen LogP contribution in [0.1, 0.15) is 20.8 Å². The number of nitrogens with one attached hydrogen (secondary N) is 1. The van der Waals surface area contributed by atoms with Gasteiger partial charge in [-0.1, -0.05) is 6.07 Å². The number of carbonyl (C=O) groups excluding carboxylic acids is 1. The molecular weight excluding hydrogens is 292 g/mol. The Morgan fingerprint density at radius 2 is 2.04 bits per heavy atom. The molecule has 0 aliphatic carbocycles. The Morgan fingerprint density at radius 1 is 1.22 bits per heavy atom. The number of benzene rings is 1. The first-order chi connectivity index (χ1) is 10.9. The Morgan fingerprint density at radius 3 is 2.74 bits per heavy atom. The van der Waals surface area contributed by atoms with Crippen LogP contribution in [-0.4, -0.2) is 35.0 Å². The standard InChI is InChI=1S/C17H20N4O2/c1-17(2,3)23-16(22)21-9-8-18-14-5-4-12(10-15(14)21)13-6-7-19-20-11-13/h4-7,10-11,18H,8-9H2,1-3H3. The summed E-state index contributed by atoms with van der Waals surface area (Å²) in [5, 5.41) is 11.0.